The number of aryl methyl sites for hydroxylation is 2. The number of nitrogens with zero attached hydrogens (tertiary/aromatic N) is 4. The fourth-order valence-electron chi connectivity index (χ4n) is 4.68. The first kappa shape index (κ1) is 19.6. The molecule has 0 bridgehead atoms. The molecule has 2 aromatic carbocycles. The van der Waals surface area contributed by atoms with E-state index in [0.717, 1.165) is 35.9 Å². The summed E-state index contributed by atoms with van der Waals surface area (Å²) >= 11 is 0. The number of carbonyl (C=O) groups is 1. The third-order valence-electron chi connectivity index (χ3n) is 6.36. The number of hydrogen-bond acceptors (Lipinski definition) is 3. The molecule has 1 amide bonds. The van der Waals surface area contributed by atoms with E-state index in [9.17, 15) is 9.59 Å². The fourth-order valence-corrected chi connectivity index (χ4v) is 4.68. The smallest absolute Gasteiger partial charge is 0.274 e. The average molecular weight is 415 g/mol. The molecule has 1 aliphatic heterocycles. The second kappa shape index (κ2) is 7.71. The Morgan fingerprint density at radius 2 is 1.58 bits per heavy atom. The number of rotatable bonds is 3. The number of carbonyl (C=O) groups excluding carboxylic acids is 1. The maximum atomic E-state index is 13.6. The highest BCUT2D eigenvalue weighted by molar-refractivity contribution is 6.17. The largest absolute Gasteiger partial charge is 0.339 e. The van der Waals surface area contributed by atoms with Crippen LogP contribution in [0.15, 0.2) is 65.6 Å². The second-order valence-corrected chi connectivity index (χ2v) is 8.31. The number of fused-ring (bicyclic) bond motifs is 3. The Morgan fingerprint density at radius 3 is 2.32 bits per heavy atom. The van der Waals surface area contributed by atoms with Crippen molar-refractivity contribution in [1.82, 2.24) is 18.9 Å². The third-order valence-corrected chi connectivity index (χ3v) is 6.36. The SMILES string of the molecule is Cn1cc(C(=O)N2CCN(Cc3ccccc3)CC2)c2c3ccccc3n(C)c2c1=O. The molecular weight excluding hydrogens is 388 g/mol. The molecule has 158 valence electrons. The van der Waals surface area contributed by atoms with Gasteiger partial charge in [-0.25, -0.2) is 0 Å². The van der Waals surface area contributed by atoms with Gasteiger partial charge in [-0.15, -0.1) is 0 Å². The average Bonchev–Trinajstić information content (AvgIpc) is 3.10. The molecule has 2 aromatic heterocycles. The van der Waals surface area contributed by atoms with Crippen LogP contribution in [0.2, 0.25) is 0 Å². The summed E-state index contributed by atoms with van der Waals surface area (Å²) < 4.78 is 3.43. The van der Waals surface area contributed by atoms with Crippen molar-refractivity contribution in [2.45, 2.75) is 6.54 Å². The molecule has 0 aliphatic carbocycles. The van der Waals surface area contributed by atoms with Gasteiger partial charge < -0.3 is 14.0 Å². The van der Waals surface area contributed by atoms with Gasteiger partial charge in [-0.05, 0) is 11.6 Å². The van der Waals surface area contributed by atoms with Gasteiger partial charge in [0.1, 0.15) is 5.52 Å². The van der Waals surface area contributed by atoms with Crippen molar-refractivity contribution in [2.75, 3.05) is 26.2 Å². The van der Waals surface area contributed by atoms with E-state index in [4.69, 9.17) is 0 Å². The standard InChI is InChI=1S/C25H26N4O2/c1-26-17-20(22-19-10-6-7-11-21(19)27(2)23(22)25(26)31)24(30)29-14-12-28(13-15-29)16-18-8-4-3-5-9-18/h3-11,17H,12-16H2,1-2H3. The molecule has 0 unspecified atom stereocenters. The van der Waals surface area contributed by atoms with Gasteiger partial charge in [-0.1, -0.05) is 48.5 Å². The van der Waals surface area contributed by atoms with E-state index >= 15 is 0 Å². The van der Waals surface area contributed by atoms with Crippen LogP contribution >= 0.6 is 0 Å². The van der Waals surface area contributed by atoms with Gasteiger partial charge in [-0.2, -0.15) is 0 Å². The number of benzene rings is 2. The van der Waals surface area contributed by atoms with E-state index < -0.39 is 0 Å². The number of aromatic nitrogens is 2. The number of hydrogen-bond donors (Lipinski definition) is 0. The molecule has 0 spiro atoms. The van der Waals surface area contributed by atoms with Crippen LogP contribution in [0, 0.1) is 0 Å². The summed E-state index contributed by atoms with van der Waals surface area (Å²) in [5.74, 6) is -0.00341. The first-order valence-electron chi connectivity index (χ1n) is 10.7. The first-order chi connectivity index (χ1) is 15.0. The van der Waals surface area contributed by atoms with Crippen molar-refractivity contribution in [1.29, 1.82) is 0 Å². The van der Waals surface area contributed by atoms with Crippen LogP contribution in [0.5, 0.6) is 0 Å². The summed E-state index contributed by atoms with van der Waals surface area (Å²) in [6, 6.07) is 18.3. The lowest BCUT2D eigenvalue weighted by Gasteiger charge is -2.35. The molecule has 1 saturated heterocycles. The van der Waals surface area contributed by atoms with E-state index in [1.165, 1.54) is 10.1 Å². The maximum absolute atomic E-state index is 13.6. The highest BCUT2D eigenvalue weighted by Crippen LogP contribution is 2.29. The Hall–Kier alpha value is -3.38. The molecule has 0 saturated carbocycles. The number of amides is 1. The molecule has 5 rings (SSSR count). The lowest BCUT2D eigenvalue weighted by molar-refractivity contribution is 0.0629. The lowest BCUT2D eigenvalue weighted by atomic mass is 10.1. The number of para-hydroxylation sites is 1. The van der Waals surface area contributed by atoms with Crippen molar-refractivity contribution < 1.29 is 4.79 Å². The van der Waals surface area contributed by atoms with Gasteiger partial charge >= 0.3 is 0 Å². The minimum atomic E-state index is -0.0852. The quantitative estimate of drug-likeness (QED) is 0.518. The van der Waals surface area contributed by atoms with E-state index in [1.807, 2.05) is 46.8 Å². The highest BCUT2D eigenvalue weighted by atomic mass is 16.2. The predicted molar refractivity (Wildman–Crippen MR) is 123 cm³/mol. The molecule has 31 heavy (non-hydrogen) atoms. The molecule has 0 N–H and O–H groups in total. The molecule has 0 radical (unpaired) electrons. The van der Waals surface area contributed by atoms with Gasteiger partial charge in [0, 0.05) is 69.3 Å². The number of pyridine rings is 1. The van der Waals surface area contributed by atoms with Crippen LogP contribution in [0.3, 0.4) is 0 Å². The summed E-state index contributed by atoms with van der Waals surface area (Å²) in [6.07, 6.45) is 1.70. The highest BCUT2D eigenvalue weighted by Gasteiger charge is 2.26. The van der Waals surface area contributed by atoms with Crippen molar-refractivity contribution in [2.24, 2.45) is 14.1 Å². The third kappa shape index (κ3) is 3.33. The summed E-state index contributed by atoms with van der Waals surface area (Å²) in [5, 5.41) is 1.71. The van der Waals surface area contributed by atoms with E-state index in [2.05, 4.69) is 29.2 Å². The van der Waals surface area contributed by atoms with Gasteiger partial charge in [-0.3, -0.25) is 14.5 Å². The Labute approximate surface area is 180 Å². The van der Waals surface area contributed by atoms with E-state index in [1.54, 1.807) is 13.2 Å². The normalized spacial score (nSPS) is 15.1. The Balaban J connectivity index is 1.46. The Kier molecular flexibility index (Phi) is 4.87. The van der Waals surface area contributed by atoms with Crippen molar-refractivity contribution in [3.05, 3.63) is 82.3 Å². The molecular formula is C25H26N4O2. The lowest BCUT2D eigenvalue weighted by Crippen LogP contribution is -2.48. The predicted octanol–water partition coefficient (Wildman–Crippen LogP) is 2.99. The maximum Gasteiger partial charge on any atom is 0.274 e. The van der Waals surface area contributed by atoms with Crippen LogP contribution in [0.1, 0.15) is 15.9 Å². The van der Waals surface area contributed by atoms with Crippen LogP contribution < -0.4 is 5.56 Å². The van der Waals surface area contributed by atoms with Crippen molar-refractivity contribution in [3.8, 4) is 0 Å². The molecule has 0 atom stereocenters. The minimum Gasteiger partial charge on any atom is -0.339 e. The van der Waals surface area contributed by atoms with Gasteiger partial charge in [0.25, 0.3) is 11.5 Å². The topological polar surface area (TPSA) is 50.5 Å². The van der Waals surface area contributed by atoms with E-state index in [0.29, 0.717) is 24.2 Å². The van der Waals surface area contributed by atoms with E-state index in [-0.39, 0.29) is 11.5 Å². The fraction of sp³-hybridized carbons (Fsp3) is 0.280. The minimum absolute atomic E-state index is 0.00341. The monoisotopic (exact) mass is 414 g/mol. The first-order valence-corrected chi connectivity index (χ1v) is 10.7. The van der Waals surface area contributed by atoms with Crippen molar-refractivity contribution >= 4 is 27.7 Å². The van der Waals surface area contributed by atoms with Crippen LogP contribution in [0.25, 0.3) is 21.8 Å². The van der Waals surface area contributed by atoms with Crippen LogP contribution in [0.4, 0.5) is 0 Å². The van der Waals surface area contributed by atoms with Crippen LogP contribution in [-0.4, -0.2) is 51.0 Å². The molecule has 6 heteroatoms. The summed E-state index contributed by atoms with van der Waals surface area (Å²) in [5.41, 5.74) is 3.35. The molecule has 3 heterocycles. The van der Waals surface area contributed by atoms with Crippen LogP contribution in [-0.2, 0) is 20.6 Å². The van der Waals surface area contributed by atoms with Gasteiger partial charge in [0.2, 0.25) is 0 Å². The molecule has 1 fully saturated rings. The molecule has 1 aliphatic rings. The zero-order chi connectivity index (χ0) is 21.5. The second-order valence-electron chi connectivity index (χ2n) is 8.31. The summed E-state index contributed by atoms with van der Waals surface area (Å²) in [7, 11) is 3.61. The van der Waals surface area contributed by atoms with Crippen molar-refractivity contribution in [3.63, 3.8) is 0 Å². The Bertz CT molecular complexity index is 1330. The summed E-state index contributed by atoms with van der Waals surface area (Å²) in [6.45, 7) is 3.94. The number of piperazine rings is 1. The summed E-state index contributed by atoms with van der Waals surface area (Å²) in [4.78, 5) is 30.8. The van der Waals surface area contributed by atoms with Gasteiger partial charge in [0.05, 0.1) is 5.56 Å². The van der Waals surface area contributed by atoms with Gasteiger partial charge in [0.15, 0.2) is 0 Å². The molecule has 4 aromatic rings. The Morgan fingerprint density at radius 1 is 0.903 bits per heavy atom. The molecule has 6 nitrogen and oxygen atoms in total. The zero-order valence-corrected chi connectivity index (χ0v) is 17.9. The zero-order valence-electron chi connectivity index (χ0n) is 17.9.